The molecule has 164 valence electrons. The number of hydrogen-bond acceptors (Lipinski definition) is 3. The van der Waals surface area contributed by atoms with Crippen molar-refractivity contribution in [1.29, 1.82) is 0 Å². The van der Waals surface area contributed by atoms with E-state index in [1.807, 2.05) is 6.20 Å². The van der Waals surface area contributed by atoms with Crippen molar-refractivity contribution in [3.63, 3.8) is 0 Å². The van der Waals surface area contributed by atoms with Crippen LogP contribution >= 0.6 is 11.6 Å². The van der Waals surface area contributed by atoms with E-state index in [0.717, 1.165) is 29.0 Å². The molecule has 0 aliphatic heterocycles. The largest absolute Gasteiger partial charge is 0.482 e. The third-order valence-electron chi connectivity index (χ3n) is 5.38. The second kappa shape index (κ2) is 8.34. The normalized spacial score (nSPS) is 14.5. The Hall–Kier alpha value is -2.87. The lowest BCUT2D eigenvalue weighted by Gasteiger charge is -2.24. The van der Waals surface area contributed by atoms with E-state index < -0.39 is 30.1 Å². The van der Waals surface area contributed by atoms with Gasteiger partial charge in [-0.05, 0) is 42.2 Å². The number of aromatic amines is 1. The molecule has 5 nitrogen and oxygen atoms in total. The van der Waals surface area contributed by atoms with Crippen LogP contribution in [0.25, 0.3) is 10.9 Å². The molecular weight excluding hydrogens is 435 g/mol. The summed E-state index contributed by atoms with van der Waals surface area (Å²) in [6.45, 7) is -0.790. The van der Waals surface area contributed by atoms with Gasteiger partial charge in [0.25, 0.3) is 0 Å². The molecule has 4 rings (SSSR count). The van der Waals surface area contributed by atoms with Crippen molar-refractivity contribution in [3.05, 3.63) is 52.7 Å². The van der Waals surface area contributed by atoms with E-state index in [9.17, 15) is 18.0 Å². The molecule has 0 spiro atoms. The minimum Gasteiger partial charge on any atom is -0.482 e. The maximum absolute atomic E-state index is 13.7. The summed E-state index contributed by atoms with van der Waals surface area (Å²) in [5.41, 5.74) is 0.829. The fraction of sp³-hybridized carbons (Fsp3) is 0.318. The van der Waals surface area contributed by atoms with Crippen molar-refractivity contribution >= 4 is 28.5 Å². The predicted octanol–water partition coefficient (Wildman–Crippen LogP) is 6.44. The monoisotopic (exact) mass is 453 g/mol. The van der Waals surface area contributed by atoms with E-state index in [-0.39, 0.29) is 16.5 Å². The summed E-state index contributed by atoms with van der Waals surface area (Å²) < 4.78 is 51.4. The fourth-order valence-electron chi connectivity index (χ4n) is 3.63. The first-order valence-electron chi connectivity index (χ1n) is 9.74. The maximum Gasteiger partial charge on any atom is 0.420 e. The zero-order valence-electron chi connectivity index (χ0n) is 16.3. The molecule has 1 aliphatic rings. The summed E-state index contributed by atoms with van der Waals surface area (Å²) in [6, 6.07) is 6.80. The number of carboxylic acid groups (broad SMARTS) is 1. The molecule has 1 saturated carbocycles. The molecule has 0 unspecified atom stereocenters. The van der Waals surface area contributed by atoms with E-state index in [0.29, 0.717) is 12.0 Å². The van der Waals surface area contributed by atoms with Crippen LogP contribution in [-0.2, 0) is 17.4 Å². The van der Waals surface area contributed by atoms with Crippen LogP contribution < -0.4 is 9.47 Å². The average Bonchev–Trinajstić information content (AvgIpc) is 3.06. The summed E-state index contributed by atoms with van der Waals surface area (Å²) in [5.74, 6) is -1.34. The van der Waals surface area contributed by atoms with Crippen LogP contribution in [0.3, 0.4) is 0 Å². The van der Waals surface area contributed by atoms with Gasteiger partial charge in [-0.1, -0.05) is 30.9 Å². The van der Waals surface area contributed by atoms with E-state index in [1.54, 1.807) is 18.2 Å². The molecule has 0 saturated heterocycles. The number of fused-ring (bicyclic) bond motifs is 1. The number of nitrogens with one attached hydrogen (secondary N) is 1. The van der Waals surface area contributed by atoms with Crippen molar-refractivity contribution in [2.75, 3.05) is 6.61 Å². The van der Waals surface area contributed by atoms with Crippen LogP contribution in [0.5, 0.6) is 17.2 Å². The van der Waals surface area contributed by atoms with Gasteiger partial charge in [-0.2, -0.15) is 13.2 Å². The summed E-state index contributed by atoms with van der Waals surface area (Å²) in [7, 11) is 0. The molecule has 0 amide bonds. The molecule has 0 bridgehead atoms. The molecular formula is C22H19ClF3NO4. The highest BCUT2D eigenvalue weighted by Gasteiger charge is 2.37. The zero-order chi connectivity index (χ0) is 22.2. The number of ether oxygens (including phenoxy) is 2. The first kappa shape index (κ1) is 21.4. The van der Waals surface area contributed by atoms with Gasteiger partial charge in [0.15, 0.2) is 12.4 Å². The molecule has 9 heteroatoms. The SMILES string of the molecule is O=C(O)COc1cc(Cl)c(Oc2ccc3[nH]cc(CC4CCC4)c3c2)c(C(F)(F)F)c1. The Kier molecular flexibility index (Phi) is 5.75. The number of aromatic nitrogens is 1. The number of benzene rings is 2. The summed E-state index contributed by atoms with van der Waals surface area (Å²) in [5, 5.41) is 9.24. The Labute approximate surface area is 180 Å². The predicted molar refractivity (Wildman–Crippen MR) is 109 cm³/mol. The van der Waals surface area contributed by atoms with E-state index in [1.165, 1.54) is 19.3 Å². The topological polar surface area (TPSA) is 71.6 Å². The van der Waals surface area contributed by atoms with Crippen molar-refractivity contribution in [3.8, 4) is 17.2 Å². The van der Waals surface area contributed by atoms with Crippen molar-refractivity contribution < 1.29 is 32.5 Å². The maximum atomic E-state index is 13.7. The molecule has 31 heavy (non-hydrogen) atoms. The second-order valence-electron chi connectivity index (χ2n) is 7.59. The first-order valence-corrected chi connectivity index (χ1v) is 10.1. The molecule has 0 radical (unpaired) electrons. The van der Waals surface area contributed by atoms with Gasteiger partial charge >= 0.3 is 12.1 Å². The lowest BCUT2D eigenvalue weighted by atomic mass is 9.81. The molecule has 1 fully saturated rings. The van der Waals surface area contributed by atoms with Crippen LogP contribution in [0.15, 0.2) is 36.5 Å². The molecule has 3 aromatic rings. The van der Waals surface area contributed by atoms with Gasteiger partial charge < -0.3 is 19.6 Å². The van der Waals surface area contributed by atoms with Gasteiger partial charge in [0.1, 0.15) is 17.1 Å². The number of halogens is 4. The third-order valence-corrected chi connectivity index (χ3v) is 5.66. The quantitative estimate of drug-likeness (QED) is 0.432. The smallest absolute Gasteiger partial charge is 0.420 e. The van der Waals surface area contributed by atoms with Crippen LogP contribution in [0, 0.1) is 5.92 Å². The highest BCUT2D eigenvalue weighted by atomic mass is 35.5. The molecule has 1 aromatic heterocycles. The van der Waals surface area contributed by atoms with Crippen molar-refractivity contribution in [2.24, 2.45) is 5.92 Å². The van der Waals surface area contributed by atoms with Gasteiger partial charge in [0.05, 0.1) is 5.02 Å². The standard InChI is InChI=1S/C22H19ClF3NO4/c23-18-9-15(30-11-20(28)29)8-17(22(24,25)26)21(18)31-14-4-5-19-16(7-14)13(10-27-19)6-12-2-1-3-12/h4-5,7-10,12,27H,1-3,6,11H2,(H,28,29). The minimum atomic E-state index is -4.78. The Morgan fingerprint density at radius 3 is 2.61 bits per heavy atom. The summed E-state index contributed by atoms with van der Waals surface area (Å²) in [6.07, 6.45) is 1.65. The molecule has 0 atom stereocenters. The van der Waals surface area contributed by atoms with Gasteiger partial charge in [-0.25, -0.2) is 4.79 Å². The highest BCUT2D eigenvalue weighted by molar-refractivity contribution is 6.32. The summed E-state index contributed by atoms with van der Waals surface area (Å²) in [4.78, 5) is 13.8. The Balaban J connectivity index is 1.66. The number of aliphatic carboxylic acids is 1. The molecule has 1 aliphatic carbocycles. The summed E-state index contributed by atoms with van der Waals surface area (Å²) >= 11 is 6.07. The Morgan fingerprint density at radius 2 is 1.97 bits per heavy atom. The van der Waals surface area contributed by atoms with E-state index in [4.69, 9.17) is 26.2 Å². The first-order chi connectivity index (χ1) is 14.7. The number of carboxylic acids is 1. The highest BCUT2D eigenvalue weighted by Crippen LogP contribution is 2.45. The van der Waals surface area contributed by atoms with Gasteiger partial charge in [-0.15, -0.1) is 0 Å². The van der Waals surface area contributed by atoms with Crippen LogP contribution in [0.1, 0.15) is 30.4 Å². The average molecular weight is 454 g/mol. The second-order valence-corrected chi connectivity index (χ2v) is 7.99. The Bertz CT molecular complexity index is 1120. The van der Waals surface area contributed by atoms with E-state index >= 15 is 0 Å². The van der Waals surface area contributed by atoms with Crippen molar-refractivity contribution in [1.82, 2.24) is 4.98 Å². The minimum absolute atomic E-state index is 0.216. The molecule has 1 heterocycles. The van der Waals surface area contributed by atoms with Crippen LogP contribution in [0.2, 0.25) is 5.02 Å². The number of alkyl halides is 3. The number of hydrogen-bond donors (Lipinski definition) is 2. The number of rotatable bonds is 7. The van der Waals surface area contributed by atoms with Crippen molar-refractivity contribution in [2.45, 2.75) is 31.9 Å². The van der Waals surface area contributed by atoms with Gasteiger partial charge in [0, 0.05) is 23.2 Å². The zero-order valence-corrected chi connectivity index (χ0v) is 17.0. The number of H-pyrrole nitrogens is 1. The van der Waals surface area contributed by atoms with Crippen LogP contribution in [-0.4, -0.2) is 22.7 Å². The Morgan fingerprint density at radius 1 is 1.19 bits per heavy atom. The van der Waals surface area contributed by atoms with E-state index in [2.05, 4.69) is 4.98 Å². The lowest BCUT2D eigenvalue weighted by molar-refractivity contribution is -0.139. The number of carbonyl (C=O) groups is 1. The molecule has 2 aromatic carbocycles. The van der Waals surface area contributed by atoms with Gasteiger partial charge in [-0.3, -0.25) is 0 Å². The van der Waals surface area contributed by atoms with Gasteiger partial charge in [0.2, 0.25) is 0 Å². The third kappa shape index (κ3) is 4.74. The molecule has 2 N–H and O–H groups in total. The fourth-order valence-corrected chi connectivity index (χ4v) is 3.87. The van der Waals surface area contributed by atoms with Crippen LogP contribution in [0.4, 0.5) is 13.2 Å². The lowest BCUT2D eigenvalue weighted by Crippen LogP contribution is -2.13.